The van der Waals surface area contributed by atoms with Gasteiger partial charge in [0, 0.05) is 12.3 Å². The maximum Gasteiger partial charge on any atom is 0.250 e. The van der Waals surface area contributed by atoms with Crippen LogP contribution < -0.4 is 0 Å². The Bertz CT molecular complexity index is 609. The molecule has 0 atom stereocenters. The second kappa shape index (κ2) is 7.90. The summed E-state index contributed by atoms with van der Waals surface area (Å²) in [5, 5.41) is 0. The molecule has 4 heteroatoms. The molecule has 0 N–H and O–H groups in total. The van der Waals surface area contributed by atoms with E-state index >= 15 is 0 Å². The van der Waals surface area contributed by atoms with Crippen molar-refractivity contribution < 1.29 is 17.6 Å². The molecule has 0 amide bonds. The summed E-state index contributed by atoms with van der Waals surface area (Å²) in [6.07, 6.45) is 6.72. The van der Waals surface area contributed by atoms with Gasteiger partial charge in [-0.3, -0.25) is 0 Å². The molecule has 2 fully saturated rings. The van der Waals surface area contributed by atoms with Crippen molar-refractivity contribution in [2.45, 2.75) is 83.5 Å². The standard InChI is InChI=1S/C22H30F4/c1-3-22(25,26)18-11-9-16(10-12-18)15-5-7-17(8-6-15)19-13-4-14(2)20(23)21(19)24/h4,13,15-18H,3,5-12H2,1-2H3. The van der Waals surface area contributed by atoms with Gasteiger partial charge < -0.3 is 0 Å². The van der Waals surface area contributed by atoms with Crippen molar-refractivity contribution in [1.29, 1.82) is 0 Å². The molecular formula is C22H30F4. The van der Waals surface area contributed by atoms with Crippen LogP contribution in [0.25, 0.3) is 0 Å². The summed E-state index contributed by atoms with van der Waals surface area (Å²) in [5.41, 5.74) is 0.860. The van der Waals surface area contributed by atoms with Crippen molar-refractivity contribution in [3.05, 3.63) is 34.9 Å². The predicted molar refractivity (Wildman–Crippen MR) is 96.5 cm³/mol. The van der Waals surface area contributed by atoms with Crippen molar-refractivity contribution >= 4 is 0 Å². The van der Waals surface area contributed by atoms with Gasteiger partial charge in [0.1, 0.15) is 0 Å². The van der Waals surface area contributed by atoms with Gasteiger partial charge in [-0.1, -0.05) is 19.1 Å². The van der Waals surface area contributed by atoms with E-state index in [1.54, 1.807) is 26.0 Å². The zero-order chi connectivity index (χ0) is 18.9. The second-order valence-corrected chi connectivity index (χ2v) is 8.44. The van der Waals surface area contributed by atoms with Crippen LogP contribution in [-0.2, 0) is 0 Å². The quantitative estimate of drug-likeness (QED) is 0.484. The zero-order valence-electron chi connectivity index (χ0n) is 15.8. The lowest BCUT2D eigenvalue weighted by Crippen LogP contribution is -2.33. The number of benzene rings is 1. The highest BCUT2D eigenvalue weighted by molar-refractivity contribution is 5.28. The highest BCUT2D eigenvalue weighted by Crippen LogP contribution is 2.47. The van der Waals surface area contributed by atoms with E-state index in [0.717, 1.165) is 38.5 Å². The first-order valence-electron chi connectivity index (χ1n) is 10.2. The molecule has 1 aromatic rings. The molecule has 2 saturated carbocycles. The molecule has 0 aromatic heterocycles. The van der Waals surface area contributed by atoms with E-state index in [9.17, 15) is 17.6 Å². The largest absolute Gasteiger partial charge is 0.250 e. The van der Waals surface area contributed by atoms with Crippen LogP contribution in [0, 0.1) is 36.3 Å². The lowest BCUT2D eigenvalue weighted by atomic mass is 9.67. The van der Waals surface area contributed by atoms with Gasteiger partial charge in [-0.2, -0.15) is 0 Å². The summed E-state index contributed by atoms with van der Waals surface area (Å²) < 4.78 is 55.8. The fourth-order valence-corrected chi connectivity index (χ4v) is 5.18. The van der Waals surface area contributed by atoms with Crippen LogP contribution in [0.5, 0.6) is 0 Å². The van der Waals surface area contributed by atoms with Gasteiger partial charge in [-0.15, -0.1) is 0 Å². The Morgan fingerprint density at radius 3 is 1.92 bits per heavy atom. The average Bonchev–Trinajstić information content (AvgIpc) is 2.66. The smallest absolute Gasteiger partial charge is 0.207 e. The number of alkyl halides is 2. The Labute approximate surface area is 154 Å². The van der Waals surface area contributed by atoms with Crippen LogP contribution in [-0.4, -0.2) is 5.92 Å². The Morgan fingerprint density at radius 2 is 1.38 bits per heavy atom. The summed E-state index contributed by atoms with van der Waals surface area (Å²) in [4.78, 5) is 0. The molecule has 1 aromatic carbocycles. The van der Waals surface area contributed by atoms with Gasteiger partial charge in [0.15, 0.2) is 11.6 Å². The fraction of sp³-hybridized carbons (Fsp3) is 0.727. The molecule has 0 spiro atoms. The Morgan fingerprint density at radius 1 is 0.846 bits per heavy atom. The molecule has 0 bridgehead atoms. The van der Waals surface area contributed by atoms with Crippen molar-refractivity contribution in [1.82, 2.24) is 0 Å². The van der Waals surface area contributed by atoms with Crippen molar-refractivity contribution in [2.24, 2.45) is 17.8 Å². The van der Waals surface area contributed by atoms with E-state index < -0.39 is 23.5 Å². The summed E-state index contributed by atoms with van der Waals surface area (Å²) in [5.74, 6) is -3.21. The van der Waals surface area contributed by atoms with Crippen LogP contribution in [0.15, 0.2) is 12.1 Å². The first kappa shape index (κ1) is 19.7. The maximum atomic E-state index is 14.2. The Hall–Kier alpha value is -1.06. The van der Waals surface area contributed by atoms with Crippen molar-refractivity contribution in [3.8, 4) is 0 Å². The van der Waals surface area contributed by atoms with Crippen LogP contribution in [0.3, 0.4) is 0 Å². The Balaban J connectivity index is 1.54. The molecule has 2 aliphatic rings. The summed E-state index contributed by atoms with van der Waals surface area (Å²) in [6, 6.07) is 3.39. The van der Waals surface area contributed by atoms with Gasteiger partial charge >= 0.3 is 0 Å². The first-order chi connectivity index (χ1) is 12.3. The van der Waals surface area contributed by atoms with E-state index in [-0.39, 0.29) is 12.3 Å². The summed E-state index contributed by atoms with van der Waals surface area (Å²) >= 11 is 0. The molecule has 0 radical (unpaired) electrons. The van der Waals surface area contributed by atoms with Gasteiger partial charge in [0.2, 0.25) is 0 Å². The van der Waals surface area contributed by atoms with Crippen LogP contribution >= 0.6 is 0 Å². The Kier molecular flexibility index (Phi) is 5.98. The van der Waals surface area contributed by atoms with Crippen molar-refractivity contribution in [2.75, 3.05) is 0 Å². The molecule has 26 heavy (non-hydrogen) atoms. The SMILES string of the molecule is CCC(F)(F)C1CCC(C2CCC(c3ccc(C)c(F)c3F)CC2)CC1. The van der Waals surface area contributed by atoms with Crippen LogP contribution in [0.1, 0.15) is 81.8 Å². The minimum atomic E-state index is -2.52. The third-order valence-electron chi connectivity index (χ3n) is 7.02. The summed E-state index contributed by atoms with van der Waals surface area (Å²) in [7, 11) is 0. The average molecular weight is 370 g/mol. The van der Waals surface area contributed by atoms with E-state index in [0.29, 0.717) is 35.8 Å². The number of hydrogen-bond donors (Lipinski definition) is 0. The van der Waals surface area contributed by atoms with E-state index in [1.807, 2.05) is 0 Å². The highest BCUT2D eigenvalue weighted by Gasteiger charge is 2.41. The molecule has 0 saturated heterocycles. The van der Waals surface area contributed by atoms with Gasteiger partial charge in [-0.05, 0) is 87.2 Å². The number of halogens is 4. The molecule has 0 unspecified atom stereocenters. The van der Waals surface area contributed by atoms with E-state index in [4.69, 9.17) is 0 Å². The molecule has 2 aliphatic carbocycles. The monoisotopic (exact) mass is 370 g/mol. The summed E-state index contributed by atoms with van der Waals surface area (Å²) in [6.45, 7) is 3.15. The normalized spacial score (nSPS) is 30.4. The molecular weight excluding hydrogens is 340 g/mol. The second-order valence-electron chi connectivity index (χ2n) is 8.44. The predicted octanol–water partition coefficient (Wildman–Crippen LogP) is 7.40. The topological polar surface area (TPSA) is 0 Å². The van der Waals surface area contributed by atoms with Gasteiger partial charge in [-0.25, -0.2) is 17.6 Å². The highest BCUT2D eigenvalue weighted by atomic mass is 19.3. The lowest BCUT2D eigenvalue weighted by Gasteiger charge is -2.39. The van der Waals surface area contributed by atoms with Crippen LogP contribution in [0.4, 0.5) is 17.6 Å². The third-order valence-corrected chi connectivity index (χ3v) is 7.02. The molecule has 0 nitrogen and oxygen atoms in total. The number of aryl methyl sites for hydroxylation is 1. The minimum absolute atomic E-state index is 0.0634. The van der Waals surface area contributed by atoms with E-state index in [2.05, 4.69) is 0 Å². The van der Waals surface area contributed by atoms with E-state index in [1.165, 1.54) is 0 Å². The van der Waals surface area contributed by atoms with Crippen LogP contribution in [0.2, 0.25) is 0 Å². The van der Waals surface area contributed by atoms with Gasteiger partial charge in [0.25, 0.3) is 5.92 Å². The number of hydrogen-bond acceptors (Lipinski definition) is 0. The first-order valence-corrected chi connectivity index (χ1v) is 10.2. The number of rotatable bonds is 4. The molecule has 146 valence electrons. The van der Waals surface area contributed by atoms with Crippen molar-refractivity contribution in [3.63, 3.8) is 0 Å². The molecule has 0 aliphatic heterocycles. The molecule has 0 heterocycles. The third kappa shape index (κ3) is 3.94. The zero-order valence-corrected chi connectivity index (χ0v) is 15.8. The lowest BCUT2D eigenvalue weighted by molar-refractivity contribution is -0.0808. The molecule has 3 rings (SSSR count). The van der Waals surface area contributed by atoms with Gasteiger partial charge in [0.05, 0.1) is 0 Å². The fourth-order valence-electron chi connectivity index (χ4n) is 5.18. The minimum Gasteiger partial charge on any atom is -0.207 e. The maximum absolute atomic E-state index is 14.2.